The van der Waals surface area contributed by atoms with Gasteiger partial charge in [-0.25, -0.2) is 0 Å². The van der Waals surface area contributed by atoms with E-state index in [4.69, 9.17) is 0 Å². The van der Waals surface area contributed by atoms with Crippen LogP contribution in [-0.2, 0) is 23.1 Å². The molecule has 0 spiro atoms. The predicted molar refractivity (Wildman–Crippen MR) is 97.6 cm³/mol. The van der Waals surface area contributed by atoms with Gasteiger partial charge in [0.25, 0.3) is 0 Å². The topological polar surface area (TPSA) is 88.1 Å². The molecule has 4 rings (SSSR count). The highest BCUT2D eigenvalue weighted by atomic mass is 16.2. The number of hydrogen-bond acceptors (Lipinski definition) is 4. The number of anilines is 1. The van der Waals surface area contributed by atoms with Crippen molar-refractivity contribution >= 4 is 17.5 Å². The van der Waals surface area contributed by atoms with Gasteiger partial charge in [0.2, 0.25) is 11.8 Å². The van der Waals surface area contributed by atoms with E-state index < -0.39 is 0 Å². The molecule has 7 heteroatoms. The molecule has 3 heterocycles. The van der Waals surface area contributed by atoms with Crippen molar-refractivity contribution in [2.45, 2.75) is 25.3 Å². The Hall–Kier alpha value is -2.67. The van der Waals surface area contributed by atoms with E-state index in [0.717, 1.165) is 28.9 Å². The Balaban J connectivity index is 1.46. The van der Waals surface area contributed by atoms with Crippen LogP contribution in [0.25, 0.3) is 0 Å². The standard InChI is InChI=1S/C19H23N5O2/c1-11(12-3-4-17-13(5-12)6-18(25)23-17)22-19(26)16-9-20-8-15(16)14-7-21-24(2)10-14/h3-5,7,10-11,15-16,20H,6,8-9H2,1-2H3,(H,22,26)(H,23,25)/t11?,15-,16+/m1/s1. The monoisotopic (exact) mass is 353 g/mol. The van der Waals surface area contributed by atoms with Crippen LogP contribution in [0.3, 0.4) is 0 Å². The highest BCUT2D eigenvalue weighted by Gasteiger charge is 2.35. The van der Waals surface area contributed by atoms with Gasteiger partial charge in [-0.1, -0.05) is 12.1 Å². The van der Waals surface area contributed by atoms with Gasteiger partial charge in [0.05, 0.1) is 24.6 Å². The third-order valence-corrected chi connectivity index (χ3v) is 5.32. The number of aromatic nitrogens is 2. The second kappa shape index (κ2) is 6.57. The van der Waals surface area contributed by atoms with Gasteiger partial charge >= 0.3 is 0 Å². The predicted octanol–water partition coefficient (Wildman–Crippen LogP) is 1.10. The molecule has 1 aromatic heterocycles. The van der Waals surface area contributed by atoms with Crippen LogP contribution in [0.1, 0.15) is 35.6 Å². The van der Waals surface area contributed by atoms with Gasteiger partial charge < -0.3 is 16.0 Å². The minimum absolute atomic E-state index is 0.0187. The first-order valence-corrected chi connectivity index (χ1v) is 8.93. The molecule has 2 aromatic rings. The molecule has 1 unspecified atom stereocenters. The van der Waals surface area contributed by atoms with E-state index in [1.54, 1.807) is 4.68 Å². The lowest BCUT2D eigenvalue weighted by molar-refractivity contribution is -0.125. The molecule has 7 nitrogen and oxygen atoms in total. The number of carbonyl (C=O) groups is 2. The van der Waals surface area contributed by atoms with Gasteiger partial charge in [-0.15, -0.1) is 0 Å². The Kier molecular flexibility index (Phi) is 4.24. The number of rotatable bonds is 4. The summed E-state index contributed by atoms with van der Waals surface area (Å²) >= 11 is 0. The number of benzene rings is 1. The molecule has 136 valence electrons. The van der Waals surface area contributed by atoms with E-state index >= 15 is 0 Å². The van der Waals surface area contributed by atoms with Crippen LogP contribution in [-0.4, -0.2) is 34.7 Å². The number of aryl methyl sites for hydroxylation is 1. The van der Waals surface area contributed by atoms with Crippen LogP contribution in [0.15, 0.2) is 30.6 Å². The molecule has 2 aliphatic rings. The van der Waals surface area contributed by atoms with Crippen molar-refractivity contribution in [2.75, 3.05) is 18.4 Å². The number of nitrogens with zero attached hydrogens (tertiary/aromatic N) is 2. The molecule has 0 radical (unpaired) electrons. The molecule has 1 fully saturated rings. The second-order valence-electron chi connectivity index (χ2n) is 7.19. The normalized spacial score (nSPS) is 22.8. The summed E-state index contributed by atoms with van der Waals surface area (Å²) in [6.45, 7) is 3.43. The first-order chi connectivity index (χ1) is 12.5. The largest absolute Gasteiger partial charge is 0.349 e. The van der Waals surface area contributed by atoms with Gasteiger partial charge in [0, 0.05) is 37.9 Å². The zero-order valence-electron chi connectivity index (χ0n) is 15.0. The van der Waals surface area contributed by atoms with Crippen LogP contribution in [0.5, 0.6) is 0 Å². The minimum Gasteiger partial charge on any atom is -0.349 e. The maximum Gasteiger partial charge on any atom is 0.228 e. The fourth-order valence-corrected chi connectivity index (χ4v) is 3.86. The number of hydrogen-bond donors (Lipinski definition) is 3. The van der Waals surface area contributed by atoms with Gasteiger partial charge in [0.15, 0.2) is 0 Å². The molecule has 26 heavy (non-hydrogen) atoms. The van der Waals surface area contributed by atoms with Crippen LogP contribution in [0.4, 0.5) is 5.69 Å². The van der Waals surface area contributed by atoms with E-state index in [1.807, 2.05) is 44.6 Å². The minimum atomic E-state index is -0.112. The Morgan fingerprint density at radius 1 is 1.38 bits per heavy atom. The molecule has 1 saturated heterocycles. The average Bonchev–Trinajstić information content (AvgIpc) is 3.31. The SMILES string of the molecule is CC(NC(=O)[C@H]1CNC[C@@H]1c1cnn(C)c1)c1ccc2c(c1)CC(=O)N2. The fourth-order valence-electron chi connectivity index (χ4n) is 3.86. The summed E-state index contributed by atoms with van der Waals surface area (Å²) in [4.78, 5) is 24.4. The van der Waals surface area contributed by atoms with Gasteiger partial charge in [-0.3, -0.25) is 14.3 Å². The summed E-state index contributed by atoms with van der Waals surface area (Å²) in [5.41, 5.74) is 3.96. The first-order valence-electron chi connectivity index (χ1n) is 8.93. The van der Waals surface area contributed by atoms with Crippen LogP contribution in [0, 0.1) is 5.92 Å². The lowest BCUT2D eigenvalue weighted by Gasteiger charge is -2.21. The Morgan fingerprint density at radius 3 is 3.00 bits per heavy atom. The zero-order chi connectivity index (χ0) is 18.3. The summed E-state index contributed by atoms with van der Waals surface area (Å²) in [5, 5.41) is 13.5. The molecule has 2 amide bonds. The molecule has 2 aliphatic heterocycles. The number of fused-ring (bicyclic) bond motifs is 1. The highest BCUT2D eigenvalue weighted by Crippen LogP contribution is 2.30. The van der Waals surface area contributed by atoms with Crippen molar-refractivity contribution in [2.24, 2.45) is 13.0 Å². The van der Waals surface area contributed by atoms with E-state index in [9.17, 15) is 9.59 Å². The van der Waals surface area contributed by atoms with Crippen LogP contribution < -0.4 is 16.0 Å². The van der Waals surface area contributed by atoms with E-state index in [-0.39, 0.29) is 29.7 Å². The van der Waals surface area contributed by atoms with Crippen molar-refractivity contribution < 1.29 is 9.59 Å². The lowest BCUT2D eigenvalue weighted by Crippen LogP contribution is -2.36. The Labute approximate surface area is 152 Å². The molecule has 3 N–H and O–H groups in total. The third kappa shape index (κ3) is 3.10. The summed E-state index contributed by atoms with van der Waals surface area (Å²) in [6.07, 6.45) is 4.22. The fraction of sp³-hybridized carbons (Fsp3) is 0.421. The maximum absolute atomic E-state index is 12.9. The van der Waals surface area contributed by atoms with E-state index in [0.29, 0.717) is 13.0 Å². The summed E-state index contributed by atoms with van der Waals surface area (Å²) in [5.74, 6) is 0.0910. The van der Waals surface area contributed by atoms with Crippen molar-refractivity contribution in [1.82, 2.24) is 20.4 Å². The summed E-state index contributed by atoms with van der Waals surface area (Å²) in [6, 6.07) is 5.76. The number of nitrogens with one attached hydrogen (secondary N) is 3. The summed E-state index contributed by atoms with van der Waals surface area (Å²) in [7, 11) is 1.89. The Bertz CT molecular complexity index is 859. The molecule has 0 saturated carbocycles. The van der Waals surface area contributed by atoms with E-state index in [2.05, 4.69) is 21.0 Å². The number of carbonyl (C=O) groups excluding carboxylic acids is 2. The quantitative estimate of drug-likeness (QED) is 0.768. The first kappa shape index (κ1) is 16.8. The zero-order valence-corrected chi connectivity index (χ0v) is 15.0. The molecule has 1 aromatic carbocycles. The van der Waals surface area contributed by atoms with Gasteiger partial charge in [-0.2, -0.15) is 5.10 Å². The maximum atomic E-state index is 12.9. The summed E-state index contributed by atoms with van der Waals surface area (Å²) < 4.78 is 1.77. The smallest absolute Gasteiger partial charge is 0.228 e. The van der Waals surface area contributed by atoms with Crippen molar-refractivity contribution in [1.29, 1.82) is 0 Å². The van der Waals surface area contributed by atoms with Crippen molar-refractivity contribution in [3.8, 4) is 0 Å². The van der Waals surface area contributed by atoms with Crippen molar-refractivity contribution in [3.63, 3.8) is 0 Å². The van der Waals surface area contributed by atoms with E-state index in [1.165, 1.54) is 0 Å². The number of amides is 2. The second-order valence-corrected chi connectivity index (χ2v) is 7.19. The molecule has 0 aliphatic carbocycles. The Morgan fingerprint density at radius 2 is 2.23 bits per heavy atom. The van der Waals surface area contributed by atoms with Crippen LogP contribution >= 0.6 is 0 Å². The molecular formula is C19H23N5O2. The van der Waals surface area contributed by atoms with Gasteiger partial charge in [0.1, 0.15) is 0 Å². The third-order valence-electron chi connectivity index (χ3n) is 5.32. The molecular weight excluding hydrogens is 330 g/mol. The average molecular weight is 353 g/mol. The molecule has 3 atom stereocenters. The lowest BCUT2D eigenvalue weighted by atomic mass is 9.90. The highest BCUT2D eigenvalue weighted by molar-refractivity contribution is 5.99. The van der Waals surface area contributed by atoms with Crippen molar-refractivity contribution in [3.05, 3.63) is 47.3 Å². The van der Waals surface area contributed by atoms with Crippen LogP contribution in [0.2, 0.25) is 0 Å². The molecule has 0 bridgehead atoms. The van der Waals surface area contributed by atoms with Gasteiger partial charge in [-0.05, 0) is 29.7 Å².